The average molecular weight is 128 g/mol. The van der Waals surface area contributed by atoms with Gasteiger partial charge in [0.1, 0.15) is 0 Å². The van der Waals surface area contributed by atoms with Gasteiger partial charge in [-0.15, -0.1) is 0 Å². The summed E-state index contributed by atoms with van der Waals surface area (Å²) in [5.74, 6) is 0. The van der Waals surface area contributed by atoms with Gasteiger partial charge in [0, 0.05) is 5.41 Å². The van der Waals surface area contributed by atoms with Gasteiger partial charge in [0.05, 0.1) is 25.9 Å². The summed E-state index contributed by atoms with van der Waals surface area (Å²) in [4.78, 5) is 0. The van der Waals surface area contributed by atoms with Crippen LogP contribution in [-0.2, 0) is 9.47 Å². The largest absolute Gasteiger partial charge is 0.380 e. The molecule has 0 N–H and O–H groups in total. The zero-order chi connectivity index (χ0) is 6.32. The van der Waals surface area contributed by atoms with Gasteiger partial charge in [-0.25, -0.2) is 0 Å². The molecule has 0 radical (unpaired) electrons. The van der Waals surface area contributed by atoms with Crippen LogP contribution in [0.5, 0.6) is 0 Å². The molecule has 0 aromatic carbocycles. The predicted octanol–water partition coefficient (Wildman–Crippen LogP) is 0.812. The summed E-state index contributed by atoms with van der Waals surface area (Å²) in [6.45, 7) is 4.91. The minimum Gasteiger partial charge on any atom is -0.380 e. The van der Waals surface area contributed by atoms with Crippen LogP contribution in [0.25, 0.3) is 0 Å². The SMILES string of the molecule is CC1CC2(COC2)CO1. The molecule has 0 amide bonds. The molecule has 0 aromatic heterocycles. The van der Waals surface area contributed by atoms with Crippen molar-refractivity contribution in [3.63, 3.8) is 0 Å². The Morgan fingerprint density at radius 3 is 2.33 bits per heavy atom. The van der Waals surface area contributed by atoms with Crippen molar-refractivity contribution in [3.8, 4) is 0 Å². The second-order valence-electron chi connectivity index (χ2n) is 3.32. The van der Waals surface area contributed by atoms with Crippen LogP contribution in [-0.4, -0.2) is 25.9 Å². The maximum absolute atomic E-state index is 5.43. The van der Waals surface area contributed by atoms with E-state index in [9.17, 15) is 0 Å². The van der Waals surface area contributed by atoms with Gasteiger partial charge >= 0.3 is 0 Å². The Balaban J connectivity index is 1.99. The molecule has 0 aliphatic carbocycles. The normalized spacial score (nSPS) is 39.0. The molecule has 2 aliphatic rings. The minimum atomic E-state index is 0.444. The monoisotopic (exact) mass is 128 g/mol. The Kier molecular flexibility index (Phi) is 1.08. The van der Waals surface area contributed by atoms with Crippen molar-refractivity contribution < 1.29 is 9.47 Å². The number of hydrogen-bond acceptors (Lipinski definition) is 2. The molecule has 0 aromatic rings. The molecule has 2 aliphatic heterocycles. The van der Waals surface area contributed by atoms with Gasteiger partial charge in [0.2, 0.25) is 0 Å². The van der Waals surface area contributed by atoms with Gasteiger partial charge in [-0.1, -0.05) is 0 Å². The van der Waals surface area contributed by atoms with E-state index in [4.69, 9.17) is 9.47 Å². The van der Waals surface area contributed by atoms with Crippen LogP contribution in [0.15, 0.2) is 0 Å². The molecule has 2 saturated heterocycles. The lowest BCUT2D eigenvalue weighted by molar-refractivity contribution is -0.112. The summed E-state index contributed by atoms with van der Waals surface area (Å²) in [7, 11) is 0. The molecule has 0 bridgehead atoms. The van der Waals surface area contributed by atoms with Crippen molar-refractivity contribution in [1.82, 2.24) is 0 Å². The number of hydrogen-bond donors (Lipinski definition) is 0. The van der Waals surface area contributed by atoms with E-state index in [1.807, 2.05) is 0 Å². The lowest BCUT2D eigenvalue weighted by atomic mass is 9.84. The third-order valence-corrected chi connectivity index (χ3v) is 2.21. The molecule has 2 rings (SSSR count). The van der Waals surface area contributed by atoms with Crippen LogP contribution in [0, 0.1) is 5.41 Å². The molecular formula is C7H12O2. The van der Waals surface area contributed by atoms with Crippen LogP contribution in [0.3, 0.4) is 0 Å². The van der Waals surface area contributed by atoms with Gasteiger partial charge in [-0.2, -0.15) is 0 Å². The Morgan fingerprint density at radius 1 is 1.33 bits per heavy atom. The Bertz CT molecular complexity index is 118. The van der Waals surface area contributed by atoms with Crippen LogP contribution < -0.4 is 0 Å². The first kappa shape index (κ1) is 5.69. The molecule has 9 heavy (non-hydrogen) atoms. The summed E-state index contributed by atoms with van der Waals surface area (Å²) in [5.41, 5.74) is 0.444. The van der Waals surface area contributed by atoms with Crippen LogP contribution >= 0.6 is 0 Å². The van der Waals surface area contributed by atoms with E-state index in [1.54, 1.807) is 0 Å². The summed E-state index contributed by atoms with van der Waals surface area (Å²) in [6.07, 6.45) is 1.67. The van der Waals surface area contributed by atoms with Gasteiger partial charge in [-0.05, 0) is 13.3 Å². The zero-order valence-corrected chi connectivity index (χ0v) is 5.72. The predicted molar refractivity (Wildman–Crippen MR) is 33.3 cm³/mol. The first-order chi connectivity index (χ1) is 4.31. The van der Waals surface area contributed by atoms with E-state index in [0.717, 1.165) is 19.8 Å². The molecule has 1 spiro atoms. The smallest absolute Gasteiger partial charge is 0.0571 e. The van der Waals surface area contributed by atoms with E-state index in [1.165, 1.54) is 6.42 Å². The molecule has 2 heteroatoms. The molecule has 1 atom stereocenters. The van der Waals surface area contributed by atoms with Gasteiger partial charge < -0.3 is 9.47 Å². The first-order valence-corrected chi connectivity index (χ1v) is 3.50. The number of rotatable bonds is 0. The van der Waals surface area contributed by atoms with Crippen molar-refractivity contribution in [1.29, 1.82) is 0 Å². The van der Waals surface area contributed by atoms with E-state index >= 15 is 0 Å². The maximum Gasteiger partial charge on any atom is 0.0571 e. The fraction of sp³-hybridized carbons (Fsp3) is 1.00. The highest BCUT2D eigenvalue weighted by molar-refractivity contribution is 4.91. The van der Waals surface area contributed by atoms with Crippen molar-refractivity contribution in [2.75, 3.05) is 19.8 Å². The van der Waals surface area contributed by atoms with E-state index in [-0.39, 0.29) is 0 Å². The van der Waals surface area contributed by atoms with Crippen molar-refractivity contribution in [2.24, 2.45) is 5.41 Å². The van der Waals surface area contributed by atoms with E-state index in [0.29, 0.717) is 11.5 Å². The number of ether oxygens (including phenoxy) is 2. The molecule has 2 heterocycles. The van der Waals surface area contributed by atoms with Gasteiger partial charge in [0.15, 0.2) is 0 Å². The lowest BCUT2D eigenvalue weighted by Crippen LogP contribution is -2.42. The van der Waals surface area contributed by atoms with Crippen molar-refractivity contribution in [3.05, 3.63) is 0 Å². The maximum atomic E-state index is 5.43. The Labute approximate surface area is 55.1 Å². The molecular weight excluding hydrogens is 116 g/mol. The van der Waals surface area contributed by atoms with E-state index in [2.05, 4.69) is 6.92 Å². The van der Waals surface area contributed by atoms with E-state index < -0.39 is 0 Å². The molecule has 1 unspecified atom stereocenters. The van der Waals surface area contributed by atoms with Crippen LogP contribution in [0.4, 0.5) is 0 Å². The topological polar surface area (TPSA) is 18.5 Å². The Morgan fingerprint density at radius 2 is 2.11 bits per heavy atom. The second-order valence-corrected chi connectivity index (χ2v) is 3.32. The van der Waals surface area contributed by atoms with Crippen molar-refractivity contribution >= 4 is 0 Å². The Hall–Kier alpha value is -0.0800. The summed E-state index contributed by atoms with van der Waals surface area (Å²) in [5, 5.41) is 0. The highest BCUT2D eigenvalue weighted by Crippen LogP contribution is 2.38. The average Bonchev–Trinajstić information content (AvgIpc) is 2.09. The summed E-state index contributed by atoms with van der Waals surface area (Å²) in [6, 6.07) is 0. The quantitative estimate of drug-likeness (QED) is 0.480. The summed E-state index contributed by atoms with van der Waals surface area (Å²) >= 11 is 0. The van der Waals surface area contributed by atoms with Crippen molar-refractivity contribution in [2.45, 2.75) is 19.4 Å². The van der Waals surface area contributed by atoms with Gasteiger partial charge in [0.25, 0.3) is 0 Å². The fourth-order valence-electron chi connectivity index (χ4n) is 1.64. The van der Waals surface area contributed by atoms with Crippen LogP contribution in [0.2, 0.25) is 0 Å². The highest BCUT2D eigenvalue weighted by atomic mass is 16.5. The minimum absolute atomic E-state index is 0.444. The molecule has 52 valence electrons. The third kappa shape index (κ3) is 0.775. The molecule has 2 fully saturated rings. The van der Waals surface area contributed by atoms with Crippen LogP contribution in [0.1, 0.15) is 13.3 Å². The highest BCUT2D eigenvalue weighted by Gasteiger charge is 2.44. The van der Waals surface area contributed by atoms with Gasteiger partial charge in [-0.3, -0.25) is 0 Å². The summed E-state index contributed by atoms with van der Waals surface area (Å²) < 4.78 is 10.6. The lowest BCUT2D eigenvalue weighted by Gasteiger charge is -2.36. The molecule has 2 nitrogen and oxygen atoms in total. The standard InChI is InChI=1S/C7H12O2/c1-6-2-7(5-9-6)3-8-4-7/h6H,2-5H2,1H3. The third-order valence-electron chi connectivity index (χ3n) is 2.21. The molecule has 0 saturated carbocycles. The zero-order valence-electron chi connectivity index (χ0n) is 5.72. The first-order valence-electron chi connectivity index (χ1n) is 3.50. The second kappa shape index (κ2) is 1.70. The fourth-order valence-corrected chi connectivity index (χ4v) is 1.64.